The summed E-state index contributed by atoms with van der Waals surface area (Å²) in [5.74, 6) is -5.38. The van der Waals surface area contributed by atoms with Gasteiger partial charge in [0.05, 0.1) is 18.6 Å². The maximum atomic E-state index is 14.2. The minimum atomic E-state index is -1.31. The number of hydrogen-bond acceptors (Lipinski definition) is 12. The Morgan fingerprint density at radius 1 is 0.797 bits per heavy atom. The Morgan fingerprint density at radius 2 is 1.41 bits per heavy atom. The van der Waals surface area contributed by atoms with Gasteiger partial charge in [0.15, 0.2) is 0 Å². The van der Waals surface area contributed by atoms with Crippen molar-refractivity contribution in [2.24, 2.45) is 11.5 Å². The summed E-state index contributed by atoms with van der Waals surface area (Å²) in [7, 11) is 2.44. The second-order valence-electron chi connectivity index (χ2n) is 14.8. The Kier molecular flexibility index (Phi) is 16.1. The summed E-state index contributed by atoms with van der Waals surface area (Å²) >= 11 is 0. The normalized spacial score (nSPS) is 28.7. The van der Waals surface area contributed by atoms with Gasteiger partial charge in [0.25, 0.3) is 5.91 Å². The molecule has 5 heterocycles. The molecule has 4 fully saturated rings. The molecular weight excluding hydrogens is 809 g/mol. The summed E-state index contributed by atoms with van der Waals surface area (Å²) in [5.41, 5.74) is 11.6. The van der Waals surface area contributed by atoms with Crippen LogP contribution in [0.15, 0.2) is 12.5 Å². The minimum absolute atomic E-state index is 0.0133. The molecule has 7 atom stereocenters. The van der Waals surface area contributed by atoms with Crippen molar-refractivity contribution in [3.8, 4) is 0 Å². The quantitative estimate of drug-likeness (QED) is 0.0947. The van der Waals surface area contributed by atoms with Gasteiger partial charge in [-0.15, -0.1) is 0 Å². The third-order valence-electron chi connectivity index (χ3n) is 10.8. The number of fused-ring (bicyclic) bond motifs is 3. The van der Waals surface area contributed by atoms with Crippen LogP contribution in [0.4, 0.5) is 0 Å². The molecule has 0 radical (unpaired) electrons. The number of carbonyl (C=O) groups is 9. The molecule has 9 amide bonds. The molecule has 59 heavy (non-hydrogen) atoms. The van der Waals surface area contributed by atoms with Gasteiger partial charge in [0, 0.05) is 57.0 Å². The number of amides is 9. The zero-order valence-electron chi connectivity index (χ0n) is 32.8. The number of hydrogen-bond donors (Lipinski definition) is 8. The van der Waals surface area contributed by atoms with Gasteiger partial charge in [-0.2, -0.15) is 0 Å². The number of carbonyl (C=O) groups excluding carboxylic acids is 9. The van der Waals surface area contributed by atoms with E-state index in [2.05, 4.69) is 36.2 Å². The van der Waals surface area contributed by atoms with Gasteiger partial charge in [0.2, 0.25) is 53.3 Å². The van der Waals surface area contributed by atoms with Crippen LogP contribution in [0.3, 0.4) is 0 Å². The molecule has 0 aromatic carbocycles. The second kappa shape index (κ2) is 21.2. The molecule has 0 spiro atoms. The van der Waals surface area contributed by atoms with Crippen molar-refractivity contribution in [3.63, 3.8) is 0 Å². The van der Waals surface area contributed by atoms with Gasteiger partial charge in [0.1, 0.15) is 42.5 Å². The van der Waals surface area contributed by atoms with Crippen LogP contribution >= 0.6 is 21.6 Å². The highest BCUT2D eigenvalue weighted by atomic mass is 33.1. The Labute approximate surface area is 348 Å². The standard InChI is InChI=1S/C36H52N12O9S2/c1-2-40-24-18-59-58-17-23(30(38)51)45-34(55)26-7-4-13-48(26)36(57)27-8-5-11-46(27)29(50)16-41-31(52)21(9-10-28(37)49)43-33(54)25-6-3-12-47(25)35(56)22(44-32(24)53)14-20-15-39-19-42-20/h2,15,19,21-27H,3-14,16-18H2,1H3,(H2,37,49)(H2,38,51)(H,39,42)(H,41,52)(H,43,54)(H,44,53)(H,45,55)/p+1/t21-,22-,23-,24-,25-,26-,27-/m0/s1. The number of nitrogens with zero attached hydrogens (tertiary/aromatic N) is 4. The smallest absolute Gasteiger partial charge is 0.290 e. The molecule has 0 unspecified atom stereocenters. The van der Waals surface area contributed by atoms with E-state index >= 15 is 0 Å². The van der Waals surface area contributed by atoms with Crippen molar-refractivity contribution in [1.82, 2.24) is 45.9 Å². The number of aromatic amines is 1. The van der Waals surface area contributed by atoms with E-state index in [1.165, 1.54) is 48.8 Å². The van der Waals surface area contributed by atoms with Crippen molar-refractivity contribution < 1.29 is 48.1 Å². The van der Waals surface area contributed by atoms with Gasteiger partial charge >= 0.3 is 0 Å². The zero-order chi connectivity index (χ0) is 42.6. The number of imidazole rings is 1. The molecule has 4 saturated heterocycles. The average molecular weight is 862 g/mol. The molecule has 322 valence electrons. The molecule has 0 bridgehead atoms. The summed E-state index contributed by atoms with van der Waals surface area (Å²) in [6.07, 6.45) is 6.46. The van der Waals surface area contributed by atoms with Gasteiger partial charge in [-0.3, -0.25) is 43.2 Å². The lowest BCUT2D eigenvalue weighted by Crippen LogP contribution is -2.81. The summed E-state index contributed by atoms with van der Waals surface area (Å²) in [5, 5.41) is 10.7. The lowest BCUT2D eigenvalue weighted by atomic mass is 10.1. The average Bonchev–Trinajstić information content (AvgIpc) is 4.05. The fraction of sp³-hybridized carbons (Fsp3) is 0.639. The second-order valence-corrected chi connectivity index (χ2v) is 17.3. The first-order chi connectivity index (χ1) is 28.3. The SMILES string of the molecule is CC=[NH+][C@H]1CSSC[C@@H](C(N)=O)NC(=O)[C@@H]2CCCN2C(=O)[C@@H]2CCCN2C(=O)CNC(=O)[C@H](CCC(N)=O)NC(=O)[C@@H]2CCCN2C(=O)[C@H](Cc2cnc[nH]2)NC1=O. The van der Waals surface area contributed by atoms with E-state index in [1.807, 2.05) is 0 Å². The van der Waals surface area contributed by atoms with Crippen LogP contribution < -0.4 is 37.7 Å². The molecule has 1 aromatic rings. The highest BCUT2D eigenvalue weighted by molar-refractivity contribution is 8.76. The summed E-state index contributed by atoms with van der Waals surface area (Å²) in [6, 6.07) is -7.22. The molecule has 4 aliphatic rings. The van der Waals surface area contributed by atoms with Crippen molar-refractivity contribution >= 4 is 81.0 Å². The molecule has 21 nitrogen and oxygen atoms in total. The van der Waals surface area contributed by atoms with Crippen LogP contribution in [0.25, 0.3) is 0 Å². The largest absolute Gasteiger partial charge is 0.370 e. The van der Waals surface area contributed by atoms with E-state index in [4.69, 9.17) is 11.5 Å². The minimum Gasteiger partial charge on any atom is -0.370 e. The van der Waals surface area contributed by atoms with Crippen LogP contribution in [0.5, 0.6) is 0 Å². The molecular formula is C36H53N12O9S2+. The van der Waals surface area contributed by atoms with Gasteiger partial charge < -0.3 is 52.4 Å². The zero-order valence-corrected chi connectivity index (χ0v) is 34.4. The Balaban J connectivity index is 1.42. The highest BCUT2D eigenvalue weighted by Gasteiger charge is 2.44. The lowest BCUT2D eigenvalue weighted by molar-refractivity contribution is -0.476. The van der Waals surface area contributed by atoms with Crippen LogP contribution in [0, 0.1) is 0 Å². The third kappa shape index (κ3) is 11.7. The van der Waals surface area contributed by atoms with Crippen LogP contribution in [0.1, 0.15) is 64.0 Å². The van der Waals surface area contributed by atoms with Crippen molar-refractivity contribution in [2.45, 2.75) is 107 Å². The number of nitrogens with one attached hydrogen (secondary N) is 6. The number of nitrogens with two attached hydrogens (primary N) is 2. The molecule has 1 aromatic heterocycles. The van der Waals surface area contributed by atoms with E-state index in [9.17, 15) is 43.2 Å². The Hall–Kier alpha value is -5.19. The highest BCUT2D eigenvalue weighted by Crippen LogP contribution is 2.27. The molecule has 0 aliphatic carbocycles. The first kappa shape index (κ1) is 44.9. The maximum Gasteiger partial charge on any atom is 0.290 e. The van der Waals surface area contributed by atoms with E-state index in [1.54, 1.807) is 13.1 Å². The summed E-state index contributed by atoms with van der Waals surface area (Å²) < 4.78 is 0. The van der Waals surface area contributed by atoms with Crippen molar-refractivity contribution in [1.29, 1.82) is 0 Å². The Morgan fingerprint density at radius 3 is 2.03 bits per heavy atom. The maximum absolute atomic E-state index is 14.2. The van der Waals surface area contributed by atoms with Crippen LogP contribution in [0.2, 0.25) is 0 Å². The third-order valence-corrected chi connectivity index (χ3v) is 13.2. The topological polar surface area (TPSA) is 306 Å². The molecule has 10 N–H and O–H groups in total. The van der Waals surface area contributed by atoms with Crippen molar-refractivity contribution in [3.05, 3.63) is 18.2 Å². The molecule has 23 heteroatoms. The fourth-order valence-electron chi connectivity index (χ4n) is 7.71. The van der Waals surface area contributed by atoms with E-state index in [0.717, 1.165) is 0 Å². The first-order valence-corrected chi connectivity index (χ1v) is 22.2. The first-order valence-electron chi connectivity index (χ1n) is 19.7. The van der Waals surface area contributed by atoms with Crippen molar-refractivity contribution in [2.75, 3.05) is 37.7 Å². The van der Waals surface area contributed by atoms with Crippen LogP contribution in [-0.2, 0) is 49.6 Å². The monoisotopic (exact) mass is 861 g/mol. The van der Waals surface area contributed by atoms with Gasteiger partial charge in [-0.1, -0.05) is 21.6 Å². The predicted molar refractivity (Wildman–Crippen MR) is 214 cm³/mol. The molecule has 4 aliphatic heterocycles. The fourth-order valence-corrected chi connectivity index (χ4v) is 10.1. The van der Waals surface area contributed by atoms with E-state index < -0.39 is 102 Å². The predicted octanol–water partition coefficient (Wildman–Crippen LogP) is -4.82. The van der Waals surface area contributed by atoms with Gasteiger partial charge in [-0.05, 0) is 44.9 Å². The Bertz CT molecular complexity index is 1780. The number of rotatable bonds is 7. The van der Waals surface area contributed by atoms with Crippen LogP contribution in [-0.4, -0.2) is 164 Å². The molecule has 0 saturated carbocycles. The lowest BCUT2D eigenvalue weighted by Gasteiger charge is -2.32. The summed E-state index contributed by atoms with van der Waals surface area (Å²) in [6.45, 7) is 1.84. The number of aromatic nitrogens is 2. The summed E-state index contributed by atoms with van der Waals surface area (Å²) in [4.78, 5) is 135. The number of H-pyrrole nitrogens is 1. The van der Waals surface area contributed by atoms with E-state index in [0.29, 0.717) is 37.8 Å². The van der Waals surface area contributed by atoms with Gasteiger partial charge in [-0.25, -0.2) is 9.98 Å². The number of primary amides is 2. The van der Waals surface area contributed by atoms with E-state index in [-0.39, 0.29) is 56.8 Å². The molecule has 5 rings (SSSR count).